The van der Waals surface area contributed by atoms with Crippen LogP contribution >= 0.6 is 11.8 Å². The van der Waals surface area contributed by atoms with Crippen LogP contribution in [0, 0.1) is 0 Å². The average molecular weight is 477 g/mol. The molecular weight excluding hydrogens is 463 g/mol. The number of thioether (sulfide) groups is 1. The fraction of sp³-hybridized carbons (Fsp3) is 0.353. The Kier molecular flexibility index (Phi) is 6.47. The molecule has 3 rings (SSSR count). The highest BCUT2D eigenvalue weighted by Gasteiger charge is 2.54. The zero-order chi connectivity index (χ0) is 23.6. The van der Waals surface area contributed by atoms with E-state index in [4.69, 9.17) is 4.42 Å². The molecule has 32 heavy (non-hydrogen) atoms. The van der Waals surface area contributed by atoms with Crippen LogP contribution in [0.15, 0.2) is 34.1 Å². The third kappa shape index (κ3) is 4.87. The van der Waals surface area contributed by atoms with Crippen molar-refractivity contribution in [3.8, 4) is 0 Å². The Balaban J connectivity index is 1.63. The third-order valence-electron chi connectivity index (χ3n) is 4.33. The number of amides is 4. The van der Waals surface area contributed by atoms with Crippen LogP contribution in [0.25, 0.3) is 0 Å². The lowest BCUT2D eigenvalue weighted by molar-refractivity contribution is -0.172. The number of alkyl halides is 3. The molecule has 2 atom stereocenters. The maximum Gasteiger partial charge on any atom is 0.471 e. The first-order valence-corrected chi connectivity index (χ1v) is 9.80. The van der Waals surface area contributed by atoms with Gasteiger partial charge in [-0.05, 0) is 12.1 Å². The number of rotatable bonds is 6. The van der Waals surface area contributed by atoms with Gasteiger partial charge in [0.1, 0.15) is 29.5 Å². The second-order valence-electron chi connectivity index (χ2n) is 6.50. The van der Waals surface area contributed by atoms with Crippen LogP contribution in [0.4, 0.5) is 18.0 Å². The number of imide groups is 1. The van der Waals surface area contributed by atoms with Gasteiger partial charge in [0.25, 0.3) is 5.91 Å². The number of ether oxygens (including phenoxy) is 1. The average Bonchev–Trinajstić information content (AvgIpc) is 3.21. The molecule has 1 aromatic heterocycles. The van der Waals surface area contributed by atoms with Crippen LogP contribution in [0.2, 0.25) is 0 Å². The molecule has 0 radical (unpaired) electrons. The number of halogens is 3. The number of β-lactam (4-membered cyclic amide) rings is 1. The van der Waals surface area contributed by atoms with Gasteiger partial charge in [-0.25, -0.2) is 9.59 Å². The van der Waals surface area contributed by atoms with Crippen molar-refractivity contribution >= 4 is 41.5 Å². The molecule has 3 heterocycles. The first-order valence-electron chi connectivity index (χ1n) is 8.75. The number of hydrogen-bond donors (Lipinski definition) is 3. The first-order chi connectivity index (χ1) is 15.0. The quantitative estimate of drug-likeness (QED) is 0.493. The Morgan fingerprint density at radius 2 is 2.03 bits per heavy atom. The van der Waals surface area contributed by atoms with Crippen LogP contribution in [0.3, 0.4) is 0 Å². The fourth-order valence-corrected chi connectivity index (χ4v) is 4.27. The van der Waals surface area contributed by atoms with Crippen LogP contribution in [0.5, 0.6) is 0 Å². The summed E-state index contributed by atoms with van der Waals surface area (Å²) in [6, 6.07) is 2.16. The summed E-state index contributed by atoms with van der Waals surface area (Å²) in [6.45, 7) is -0.766. The summed E-state index contributed by atoms with van der Waals surface area (Å²) in [6.07, 6.45) is -5.78. The lowest BCUT2D eigenvalue weighted by Crippen LogP contribution is -2.70. The molecule has 3 N–H and O–H groups in total. The zero-order valence-corrected chi connectivity index (χ0v) is 16.6. The van der Waals surface area contributed by atoms with Gasteiger partial charge in [-0.3, -0.25) is 24.6 Å². The normalized spacial score (nSPS) is 20.2. The van der Waals surface area contributed by atoms with Gasteiger partial charge >= 0.3 is 24.1 Å². The van der Waals surface area contributed by atoms with E-state index >= 15 is 0 Å². The van der Waals surface area contributed by atoms with Gasteiger partial charge in [-0.15, -0.1) is 11.8 Å². The lowest BCUT2D eigenvalue weighted by Gasteiger charge is -2.49. The molecule has 1 unspecified atom stereocenters. The van der Waals surface area contributed by atoms with E-state index in [-0.39, 0.29) is 17.7 Å². The van der Waals surface area contributed by atoms with Gasteiger partial charge in [0.05, 0.1) is 12.7 Å². The molecule has 4 amide bonds. The van der Waals surface area contributed by atoms with Crippen LogP contribution in [-0.4, -0.2) is 69.7 Å². The van der Waals surface area contributed by atoms with Crippen molar-refractivity contribution in [1.29, 1.82) is 0 Å². The van der Waals surface area contributed by atoms with Crippen molar-refractivity contribution in [2.75, 3.05) is 12.4 Å². The van der Waals surface area contributed by atoms with Crippen LogP contribution in [0.1, 0.15) is 5.76 Å². The summed E-state index contributed by atoms with van der Waals surface area (Å²) in [4.78, 5) is 59.3. The molecule has 11 nitrogen and oxygen atoms in total. The van der Waals surface area contributed by atoms with Crippen molar-refractivity contribution in [2.45, 2.75) is 24.0 Å². The maximum atomic E-state index is 12.5. The SMILES string of the molecule is O=C(Cc1ccco1)NC1C(=O)N2C(C(=O)O)=C(COC(=O)NC(=O)C(F)(F)F)CS[C@@H]12. The third-order valence-corrected chi connectivity index (χ3v) is 5.67. The molecule has 1 aromatic rings. The summed E-state index contributed by atoms with van der Waals surface area (Å²) >= 11 is 1.06. The number of fused-ring (bicyclic) bond motifs is 1. The Morgan fingerprint density at radius 3 is 2.62 bits per heavy atom. The minimum Gasteiger partial charge on any atom is -0.477 e. The molecular formula is C17H14F3N3O8S. The van der Waals surface area contributed by atoms with E-state index in [1.165, 1.54) is 6.26 Å². The summed E-state index contributed by atoms with van der Waals surface area (Å²) in [7, 11) is 0. The Labute approximate surface area is 180 Å². The predicted octanol–water partition coefficient (Wildman–Crippen LogP) is 0.376. The molecule has 2 aliphatic heterocycles. The highest BCUT2D eigenvalue weighted by Crippen LogP contribution is 2.40. The van der Waals surface area contributed by atoms with Gasteiger partial charge in [-0.2, -0.15) is 13.2 Å². The van der Waals surface area contributed by atoms with Gasteiger partial charge in [0, 0.05) is 11.3 Å². The number of carbonyl (C=O) groups is 5. The molecule has 0 bridgehead atoms. The molecule has 15 heteroatoms. The number of alkyl carbamates (subject to hydrolysis) is 1. The molecule has 1 saturated heterocycles. The van der Waals surface area contributed by atoms with Crippen molar-refractivity contribution < 1.29 is 51.4 Å². The number of hydrogen-bond acceptors (Lipinski definition) is 8. The molecule has 0 saturated carbocycles. The van der Waals surface area contributed by atoms with Gasteiger partial charge in [0.2, 0.25) is 5.91 Å². The fourth-order valence-electron chi connectivity index (χ4n) is 2.94. The van der Waals surface area contributed by atoms with Crippen LogP contribution < -0.4 is 10.6 Å². The van der Waals surface area contributed by atoms with E-state index < -0.39 is 59.7 Å². The summed E-state index contributed by atoms with van der Waals surface area (Å²) in [5, 5.41) is 12.2. The number of aliphatic carboxylic acids is 1. The number of nitrogens with one attached hydrogen (secondary N) is 2. The first kappa shape index (κ1) is 23.2. The molecule has 0 spiro atoms. The highest BCUT2D eigenvalue weighted by molar-refractivity contribution is 8.00. The van der Waals surface area contributed by atoms with E-state index in [0.717, 1.165) is 22.0 Å². The van der Waals surface area contributed by atoms with Crippen LogP contribution in [-0.2, 0) is 30.3 Å². The standard InChI is InChI=1S/C17H14F3N3O8S/c18-17(19,20)15(28)22-16(29)31-5-7-6-32-13-10(12(25)23(13)11(7)14(26)27)21-9(24)4-8-2-1-3-30-8/h1-3,10,13H,4-6H2,(H,21,24)(H,26,27)(H,22,28,29)/t10?,13-/m0/s1. The second kappa shape index (κ2) is 8.94. The summed E-state index contributed by atoms with van der Waals surface area (Å²) in [5.41, 5.74) is -0.577. The number of carbonyl (C=O) groups excluding carboxylic acids is 4. The molecule has 1 fully saturated rings. The van der Waals surface area contributed by atoms with Crippen molar-refractivity contribution in [3.63, 3.8) is 0 Å². The number of carboxylic acid groups (broad SMARTS) is 1. The van der Waals surface area contributed by atoms with Gasteiger partial charge < -0.3 is 19.6 Å². The van der Waals surface area contributed by atoms with Crippen molar-refractivity contribution in [3.05, 3.63) is 35.4 Å². The van der Waals surface area contributed by atoms with Gasteiger partial charge in [-0.1, -0.05) is 0 Å². The topological polar surface area (TPSA) is 155 Å². The van der Waals surface area contributed by atoms with Gasteiger partial charge in [0.15, 0.2) is 0 Å². The minimum atomic E-state index is -5.31. The summed E-state index contributed by atoms with van der Waals surface area (Å²) in [5.74, 6) is -4.99. The van der Waals surface area contributed by atoms with E-state index in [9.17, 15) is 42.3 Å². The predicted molar refractivity (Wildman–Crippen MR) is 97.6 cm³/mol. The number of furan rings is 1. The van der Waals surface area contributed by atoms with E-state index in [0.29, 0.717) is 5.76 Å². The Bertz CT molecular complexity index is 992. The molecule has 0 aliphatic carbocycles. The summed E-state index contributed by atoms with van der Waals surface area (Å²) < 4.78 is 46.0. The van der Waals surface area contributed by atoms with Crippen molar-refractivity contribution in [2.24, 2.45) is 0 Å². The van der Waals surface area contributed by atoms with E-state index in [1.807, 2.05) is 0 Å². The zero-order valence-electron chi connectivity index (χ0n) is 15.8. The van der Waals surface area contributed by atoms with Crippen molar-refractivity contribution in [1.82, 2.24) is 15.5 Å². The lowest BCUT2D eigenvalue weighted by atomic mass is 10.0. The largest absolute Gasteiger partial charge is 0.477 e. The second-order valence-corrected chi connectivity index (χ2v) is 7.60. The van der Waals surface area contributed by atoms with E-state index in [2.05, 4.69) is 10.1 Å². The minimum absolute atomic E-state index is 0.0544. The highest BCUT2D eigenvalue weighted by atomic mass is 32.2. The Morgan fingerprint density at radius 1 is 1.31 bits per heavy atom. The Hall–Kier alpha value is -3.49. The number of nitrogens with zero attached hydrogens (tertiary/aromatic N) is 1. The number of carboxylic acids is 1. The smallest absolute Gasteiger partial charge is 0.471 e. The van der Waals surface area contributed by atoms with E-state index in [1.54, 1.807) is 12.1 Å². The molecule has 172 valence electrons. The maximum absolute atomic E-state index is 12.5. The molecule has 0 aromatic carbocycles. The monoisotopic (exact) mass is 477 g/mol. The molecule has 2 aliphatic rings.